The van der Waals surface area contributed by atoms with Gasteiger partial charge in [-0.2, -0.15) is 0 Å². The Bertz CT molecular complexity index is 380. The Morgan fingerprint density at radius 1 is 1.50 bits per heavy atom. The van der Waals surface area contributed by atoms with Crippen LogP contribution in [0, 0.1) is 5.41 Å². The van der Waals surface area contributed by atoms with Gasteiger partial charge in [-0.15, -0.1) is 0 Å². The van der Waals surface area contributed by atoms with Gasteiger partial charge in [-0.3, -0.25) is 9.59 Å². The second-order valence-corrected chi connectivity index (χ2v) is 5.18. The molecule has 2 fully saturated rings. The fraction of sp³-hybridized carbons (Fsp3) is 0.727. The Morgan fingerprint density at radius 3 is 2.67 bits per heavy atom. The number of thiocarbonyl (C=S) groups is 1. The lowest BCUT2D eigenvalue weighted by Gasteiger charge is -2.35. The summed E-state index contributed by atoms with van der Waals surface area (Å²) < 4.78 is 5.25. The maximum atomic E-state index is 12.4. The van der Waals surface area contributed by atoms with Crippen LogP contribution in [0.1, 0.15) is 19.3 Å². The van der Waals surface area contributed by atoms with Crippen molar-refractivity contribution in [1.29, 1.82) is 0 Å². The first-order chi connectivity index (χ1) is 8.54. The highest BCUT2D eigenvalue weighted by atomic mass is 32.1. The van der Waals surface area contributed by atoms with Crippen LogP contribution in [-0.2, 0) is 14.3 Å². The number of hydrogen-bond acceptors (Lipinski definition) is 4. The highest BCUT2D eigenvalue weighted by Gasteiger charge is 2.44. The van der Waals surface area contributed by atoms with E-state index in [9.17, 15) is 9.59 Å². The summed E-state index contributed by atoms with van der Waals surface area (Å²) in [6, 6.07) is -0.168. The minimum absolute atomic E-state index is 0.0448. The minimum Gasteiger partial charge on any atom is -0.392 e. The molecule has 0 aromatic heterocycles. The maximum absolute atomic E-state index is 12.4. The van der Waals surface area contributed by atoms with Gasteiger partial charge in [0.25, 0.3) is 0 Å². The van der Waals surface area contributed by atoms with E-state index in [0.717, 1.165) is 0 Å². The lowest BCUT2D eigenvalue weighted by Crippen LogP contribution is -2.54. The first-order valence-corrected chi connectivity index (χ1v) is 6.41. The fourth-order valence-electron chi connectivity index (χ4n) is 2.34. The van der Waals surface area contributed by atoms with Gasteiger partial charge < -0.3 is 21.1 Å². The number of ether oxygens (including phenoxy) is 1. The molecule has 0 spiro atoms. The molecule has 0 bridgehead atoms. The second-order valence-electron chi connectivity index (χ2n) is 4.74. The van der Waals surface area contributed by atoms with Gasteiger partial charge in [0.2, 0.25) is 11.8 Å². The zero-order valence-electron chi connectivity index (χ0n) is 10.0. The van der Waals surface area contributed by atoms with E-state index in [1.807, 2.05) is 0 Å². The molecule has 0 saturated carbocycles. The molecule has 2 saturated heterocycles. The van der Waals surface area contributed by atoms with Crippen molar-refractivity contribution in [1.82, 2.24) is 10.6 Å². The highest BCUT2D eigenvalue weighted by Crippen LogP contribution is 2.31. The Morgan fingerprint density at radius 2 is 2.17 bits per heavy atom. The zero-order chi connectivity index (χ0) is 13.2. The molecule has 7 heteroatoms. The summed E-state index contributed by atoms with van der Waals surface area (Å²) in [4.78, 5) is 23.7. The molecule has 1 atom stereocenters. The topological polar surface area (TPSA) is 93.5 Å². The van der Waals surface area contributed by atoms with Gasteiger partial charge in [-0.25, -0.2) is 0 Å². The van der Waals surface area contributed by atoms with Crippen LogP contribution >= 0.6 is 12.2 Å². The molecule has 2 amide bonds. The zero-order valence-corrected chi connectivity index (χ0v) is 10.8. The van der Waals surface area contributed by atoms with Gasteiger partial charge in [-0.1, -0.05) is 12.2 Å². The average Bonchev–Trinajstić information content (AvgIpc) is 2.75. The quantitative estimate of drug-likeness (QED) is 0.577. The van der Waals surface area contributed by atoms with Crippen LogP contribution in [-0.4, -0.2) is 42.6 Å². The van der Waals surface area contributed by atoms with Gasteiger partial charge in [0.15, 0.2) is 0 Å². The molecule has 0 aromatic rings. The third kappa shape index (κ3) is 2.46. The third-order valence-corrected chi connectivity index (χ3v) is 3.96. The van der Waals surface area contributed by atoms with Gasteiger partial charge in [0, 0.05) is 26.2 Å². The standard InChI is InChI=1S/C11H17N3O3S/c12-9(18)11(1-3-17-4-2-11)10(16)14-7-5-8(15)13-6-7/h7H,1-6H2,(H2,12,18)(H,13,15)(H,14,16). The summed E-state index contributed by atoms with van der Waals surface area (Å²) in [6.45, 7) is 1.42. The summed E-state index contributed by atoms with van der Waals surface area (Å²) >= 11 is 5.05. The predicted octanol–water partition coefficient (Wildman–Crippen LogP) is -0.926. The van der Waals surface area contributed by atoms with Crippen molar-refractivity contribution in [3.05, 3.63) is 0 Å². The number of nitrogens with two attached hydrogens (primary N) is 1. The second kappa shape index (κ2) is 5.19. The molecular formula is C11H17N3O3S. The van der Waals surface area contributed by atoms with Crippen LogP contribution in [0.4, 0.5) is 0 Å². The SMILES string of the molecule is NC(=S)C1(C(=O)NC2CNC(=O)C2)CCOCC1. The normalized spacial score (nSPS) is 26.4. The minimum atomic E-state index is -0.820. The van der Waals surface area contributed by atoms with Gasteiger partial charge in [0.1, 0.15) is 5.41 Å². The van der Waals surface area contributed by atoms with Crippen LogP contribution in [0.25, 0.3) is 0 Å². The number of hydrogen-bond donors (Lipinski definition) is 3. The van der Waals surface area contributed by atoms with E-state index in [1.54, 1.807) is 0 Å². The van der Waals surface area contributed by atoms with Crippen LogP contribution < -0.4 is 16.4 Å². The van der Waals surface area contributed by atoms with Crippen molar-refractivity contribution in [3.63, 3.8) is 0 Å². The molecular weight excluding hydrogens is 254 g/mol. The van der Waals surface area contributed by atoms with Crippen LogP contribution in [0.5, 0.6) is 0 Å². The Labute approximate surface area is 111 Å². The lowest BCUT2D eigenvalue weighted by atomic mass is 9.79. The number of rotatable bonds is 3. The lowest BCUT2D eigenvalue weighted by molar-refractivity contribution is -0.132. The van der Waals surface area contributed by atoms with Crippen molar-refractivity contribution >= 4 is 29.0 Å². The monoisotopic (exact) mass is 271 g/mol. The largest absolute Gasteiger partial charge is 0.392 e. The van der Waals surface area contributed by atoms with Crippen molar-refractivity contribution in [2.75, 3.05) is 19.8 Å². The highest BCUT2D eigenvalue weighted by molar-refractivity contribution is 7.80. The van der Waals surface area contributed by atoms with E-state index < -0.39 is 5.41 Å². The number of carbonyl (C=O) groups excluding carboxylic acids is 2. The molecule has 2 aliphatic rings. The fourth-order valence-corrected chi connectivity index (χ4v) is 2.63. The van der Waals surface area contributed by atoms with E-state index in [0.29, 0.717) is 39.0 Å². The number of amides is 2. The molecule has 6 nitrogen and oxygen atoms in total. The van der Waals surface area contributed by atoms with Crippen LogP contribution in [0.2, 0.25) is 0 Å². The Balaban J connectivity index is 2.04. The average molecular weight is 271 g/mol. The Kier molecular flexibility index (Phi) is 3.82. The van der Waals surface area contributed by atoms with E-state index >= 15 is 0 Å². The molecule has 100 valence electrons. The first kappa shape index (κ1) is 13.2. The summed E-state index contributed by atoms with van der Waals surface area (Å²) in [5.74, 6) is -0.226. The summed E-state index contributed by atoms with van der Waals surface area (Å²) in [5, 5.41) is 5.53. The molecule has 0 radical (unpaired) electrons. The smallest absolute Gasteiger partial charge is 0.233 e. The molecule has 0 aromatic carbocycles. The van der Waals surface area contributed by atoms with Gasteiger partial charge in [0.05, 0.1) is 11.0 Å². The molecule has 2 aliphatic heterocycles. The van der Waals surface area contributed by atoms with E-state index in [4.69, 9.17) is 22.7 Å². The molecule has 0 aliphatic carbocycles. The van der Waals surface area contributed by atoms with Crippen molar-refractivity contribution in [2.45, 2.75) is 25.3 Å². The summed E-state index contributed by atoms with van der Waals surface area (Å²) in [7, 11) is 0. The van der Waals surface area contributed by atoms with Crippen molar-refractivity contribution < 1.29 is 14.3 Å². The molecule has 18 heavy (non-hydrogen) atoms. The number of nitrogens with one attached hydrogen (secondary N) is 2. The first-order valence-electron chi connectivity index (χ1n) is 6.00. The molecule has 1 unspecified atom stereocenters. The van der Waals surface area contributed by atoms with E-state index in [-0.39, 0.29) is 22.8 Å². The molecule has 2 heterocycles. The van der Waals surface area contributed by atoms with E-state index in [2.05, 4.69) is 10.6 Å². The van der Waals surface area contributed by atoms with Crippen LogP contribution in [0.15, 0.2) is 0 Å². The number of carbonyl (C=O) groups is 2. The Hall–Kier alpha value is -1.21. The van der Waals surface area contributed by atoms with Gasteiger partial charge >= 0.3 is 0 Å². The van der Waals surface area contributed by atoms with Crippen molar-refractivity contribution in [2.24, 2.45) is 11.1 Å². The predicted molar refractivity (Wildman–Crippen MR) is 68.8 cm³/mol. The van der Waals surface area contributed by atoms with E-state index in [1.165, 1.54) is 0 Å². The third-order valence-electron chi connectivity index (χ3n) is 3.57. The molecule has 4 N–H and O–H groups in total. The van der Waals surface area contributed by atoms with Crippen molar-refractivity contribution in [3.8, 4) is 0 Å². The summed E-state index contributed by atoms with van der Waals surface area (Å²) in [5.41, 5.74) is 4.92. The van der Waals surface area contributed by atoms with Gasteiger partial charge in [-0.05, 0) is 12.8 Å². The summed E-state index contributed by atoms with van der Waals surface area (Å²) in [6.07, 6.45) is 1.32. The maximum Gasteiger partial charge on any atom is 0.233 e. The van der Waals surface area contributed by atoms with Crippen LogP contribution in [0.3, 0.4) is 0 Å². The molecule has 2 rings (SSSR count).